The number of nitrogens with zero attached hydrogens (tertiary/aromatic N) is 2. The first kappa shape index (κ1) is 19.7. The van der Waals surface area contributed by atoms with Gasteiger partial charge in [0.2, 0.25) is 0 Å². The van der Waals surface area contributed by atoms with Gasteiger partial charge in [-0.25, -0.2) is 9.78 Å². The van der Waals surface area contributed by atoms with Crippen molar-refractivity contribution in [3.8, 4) is 0 Å². The van der Waals surface area contributed by atoms with Gasteiger partial charge in [0.05, 0.1) is 26.1 Å². The van der Waals surface area contributed by atoms with E-state index in [2.05, 4.69) is 21.8 Å². The van der Waals surface area contributed by atoms with E-state index in [0.29, 0.717) is 29.1 Å². The van der Waals surface area contributed by atoms with Crippen LogP contribution in [-0.2, 0) is 18.8 Å². The van der Waals surface area contributed by atoms with Crippen molar-refractivity contribution < 1.29 is 23.6 Å². The Morgan fingerprint density at radius 3 is 2.81 bits per heavy atom. The van der Waals surface area contributed by atoms with Crippen molar-refractivity contribution in [2.75, 3.05) is 51.8 Å². The fraction of sp³-hybridized carbons (Fsp3) is 0.556. The van der Waals surface area contributed by atoms with Gasteiger partial charge in [-0.2, -0.15) is 0 Å². The topological polar surface area (TPSA) is 82.2 Å². The zero-order chi connectivity index (χ0) is 19.4. The number of methoxy groups -OCH3 is 1. The number of ether oxygens (including phenoxy) is 2. The van der Waals surface area contributed by atoms with Gasteiger partial charge in [0.25, 0.3) is 0 Å². The Labute approximate surface area is 160 Å². The number of hydrogen-bond donors (Lipinski definition) is 1. The smallest absolute Gasteiger partial charge is 0.534 e. The van der Waals surface area contributed by atoms with Crippen LogP contribution in [0.15, 0.2) is 24.6 Å². The van der Waals surface area contributed by atoms with E-state index >= 15 is 0 Å². The van der Waals surface area contributed by atoms with Crippen molar-refractivity contribution in [2.24, 2.45) is 0 Å². The minimum absolute atomic E-state index is 0.347. The largest absolute Gasteiger partial charge is 0.564 e. The highest BCUT2D eigenvalue weighted by Gasteiger charge is 2.43. The molecule has 0 unspecified atom stereocenters. The second-order valence-electron chi connectivity index (χ2n) is 7.04. The number of anilines is 1. The van der Waals surface area contributed by atoms with E-state index in [0.717, 1.165) is 32.8 Å². The highest BCUT2D eigenvalue weighted by molar-refractivity contribution is 6.62. The first-order valence-corrected chi connectivity index (χ1v) is 9.07. The summed E-state index contributed by atoms with van der Waals surface area (Å²) in [6.45, 7) is 12.5. The molecule has 0 radical (unpaired) electrons. The van der Waals surface area contributed by atoms with Crippen molar-refractivity contribution in [1.29, 1.82) is 0 Å². The van der Waals surface area contributed by atoms with Crippen LogP contribution in [0.4, 0.5) is 5.82 Å². The average molecular weight is 375 g/mol. The predicted molar refractivity (Wildman–Crippen MR) is 102 cm³/mol. The number of morpholine rings is 1. The van der Waals surface area contributed by atoms with Crippen molar-refractivity contribution >= 4 is 24.4 Å². The maximum absolute atomic E-state index is 12.2. The average Bonchev–Trinajstić information content (AvgIpc) is 2.95. The molecule has 0 bridgehead atoms. The molecule has 1 aromatic rings. The summed E-state index contributed by atoms with van der Waals surface area (Å²) in [5, 5.41) is 3.23. The highest BCUT2D eigenvalue weighted by Crippen LogP contribution is 2.29. The summed E-state index contributed by atoms with van der Waals surface area (Å²) in [5.74, 6) is 0.559. The number of pyridine rings is 1. The summed E-state index contributed by atoms with van der Waals surface area (Å²) >= 11 is 0. The molecule has 8 nitrogen and oxygen atoms in total. The molecule has 2 aliphatic heterocycles. The molecule has 0 spiro atoms. The molecule has 27 heavy (non-hydrogen) atoms. The van der Waals surface area contributed by atoms with Crippen LogP contribution in [0.3, 0.4) is 0 Å². The van der Waals surface area contributed by atoms with Gasteiger partial charge in [-0.05, 0) is 19.9 Å². The standard InChI is InChI=1S/C18H26BN3O5/c1-13-18(2,3)27-19(26-13)14-11-15(17(23)24-4)16(21-12-14)20-5-6-22-7-9-25-10-8-22/h11-12H,1,5-10H2,2-4H3,(H,20,21). The zero-order valence-corrected chi connectivity index (χ0v) is 16.1. The minimum atomic E-state index is -0.647. The quantitative estimate of drug-likeness (QED) is 0.573. The van der Waals surface area contributed by atoms with E-state index in [1.807, 2.05) is 13.8 Å². The maximum Gasteiger partial charge on any atom is 0.564 e. The van der Waals surface area contributed by atoms with Crippen molar-refractivity contribution in [3.63, 3.8) is 0 Å². The van der Waals surface area contributed by atoms with Crippen LogP contribution in [0.2, 0.25) is 0 Å². The van der Waals surface area contributed by atoms with Gasteiger partial charge in [-0.15, -0.1) is 0 Å². The molecule has 0 aromatic carbocycles. The van der Waals surface area contributed by atoms with Crippen molar-refractivity contribution in [2.45, 2.75) is 19.4 Å². The minimum Gasteiger partial charge on any atom is -0.534 e. The van der Waals surface area contributed by atoms with Crippen molar-refractivity contribution in [3.05, 3.63) is 30.2 Å². The fourth-order valence-corrected chi connectivity index (χ4v) is 2.94. The third kappa shape index (κ3) is 4.61. The first-order valence-electron chi connectivity index (χ1n) is 9.07. The normalized spacial score (nSPS) is 19.7. The van der Waals surface area contributed by atoms with Crippen LogP contribution in [-0.4, -0.2) is 75.1 Å². The number of aromatic nitrogens is 1. The third-order valence-electron chi connectivity index (χ3n) is 4.73. The Kier molecular flexibility index (Phi) is 6.03. The number of carbonyl (C=O) groups is 1. The van der Waals surface area contributed by atoms with E-state index < -0.39 is 18.7 Å². The van der Waals surface area contributed by atoms with Crippen LogP contribution >= 0.6 is 0 Å². The summed E-state index contributed by atoms with van der Waals surface area (Å²) in [6.07, 6.45) is 1.64. The van der Waals surface area contributed by atoms with Gasteiger partial charge in [0, 0.05) is 37.8 Å². The molecule has 3 rings (SSSR count). The first-order chi connectivity index (χ1) is 12.9. The molecular weight excluding hydrogens is 349 g/mol. The lowest BCUT2D eigenvalue weighted by Gasteiger charge is -2.26. The van der Waals surface area contributed by atoms with Crippen LogP contribution in [0.5, 0.6) is 0 Å². The number of rotatable bonds is 6. The lowest BCUT2D eigenvalue weighted by molar-refractivity contribution is 0.0398. The zero-order valence-electron chi connectivity index (χ0n) is 16.1. The van der Waals surface area contributed by atoms with E-state index in [9.17, 15) is 4.79 Å². The molecule has 0 aliphatic carbocycles. The number of hydrogen-bond acceptors (Lipinski definition) is 8. The van der Waals surface area contributed by atoms with Gasteiger partial charge >= 0.3 is 13.1 Å². The number of nitrogens with one attached hydrogen (secondary N) is 1. The van der Waals surface area contributed by atoms with Crippen LogP contribution in [0.25, 0.3) is 0 Å². The van der Waals surface area contributed by atoms with E-state index in [1.54, 1.807) is 12.3 Å². The van der Waals surface area contributed by atoms with E-state index in [4.69, 9.17) is 18.8 Å². The molecule has 1 N–H and O–H groups in total. The van der Waals surface area contributed by atoms with Crippen molar-refractivity contribution in [1.82, 2.24) is 9.88 Å². The lowest BCUT2D eigenvalue weighted by atomic mass is 9.79. The molecule has 0 saturated carbocycles. The molecule has 1 aromatic heterocycles. The lowest BCUT2D eigenvalue weighted by Crippen LogP contribution is -2.39. The molecule has 2 saturated heterocycles. The number of esters is 1. The van der Waals surface area contributed by atoms with Crippen LogP contribution in [0, 0.1) is 0 Å². The Bertz CT molecular complexity index is 706. The summed E-state index contributed by atoms with van der Waals surface area (Å²) < 4.78 is 21.8. The summed E-state index contributed by atoms with van der Waals surface area (Å²) in [4.78, 5) is 18.9. The van der Waals surface area contributed by atoms with Gasteiger partial charge in [-0.3, -0.25) is 4.90 Å². The summed E-state index contributed by atoms with van der Waals surface area (Å²) in [7, 11) is 0.700. The molecule has 9 heteroatoms. The molecular formula is C18H26BN3O5. The fourth-order valence-electron chi connectivity index (χ4n) is 2.94. The maximum atomic E-state index is 12.2. The summed E-state index contributed by atoms with van der Waals surface area (Å²) in [6, 6.07) is 1.69. The van der Waals surface area contributed by atoms with Gasteiger partial charge < -0.3 is 24.1 Å². The second kappa shape index (κ2) is 8.29. The Balaban J connectivity index is 1.70. The molecule has 0 atom stereocenters. The Hall–Kier alpha value is -2.10. The van der Waals surface area contributed by atoms with Gasteiger partial charge in [0.15, 0.2) is 0 Å². The van der Waals surface area contributed by atoms with E-state index in [-0.39, 0.29) is 0 Å². The second-order valence-corrected chi connectivity index (χ2v) is 7.04. The molecule has 3 heterocycles. The Morgan fingerprint density at radius 2 is 2.19 bits per heavy atom. The van der Waals surface area contributed by atoms with Crippen LogP contribution in [0.1, 0.15) is 24.2 Å². The molecule has 146 valence electrons. The molecule has 2 aliphatic rings. The predicted octanol–water partition coefficient (Wildman–Crippen LogP) is 0.647. The number of carbonyl (C=O) groups excluding carboxylic acids is 1. The van der Waals surface area contributed by atoms with Crippen LogP contribution < -0.4 is 10.8 Å². The SMILES string of the molecule is C=C1OB(c2cnc(NCCN3CCOCC3)c(C(=O)OC)c2)OC1(C)C. The highest BCUT2D eigenvalue weighted by atomic mass is 16.7. The molecule has 0 amide bonds. The third-order valence-corrected chi connectivity index (χ3v) is 4.73. The van der Waals surface area contributed by atoms with Gasteiger partial charge in [0.1, 0.15) is 17.0 Å². The molecule has 2 fully saturated rings. The Morgan fingerprint density at radius 1 is 1.44 bits per heavy atom. The summed E-state index contributed by atoms with van der Waals surface area (Å²) in [5.41, 5.74) is 0.394. The monoisotopic (exact) mass is 375 g/mol. The van der Waals surface area contributed by atoms with E-state index in [1.165, 1.54) is 7.11 Å². The van der Waals surface area contributed by atoms with Gasteiger partial charge in [-0.1, -0.05) is 6.58 Å².